The van der Waals surface area contributed by atoms with E-state index in [1.165, 1.54) is 31.5 Å². The van der Waals surface area contributed by atoms with E-state index in [4.69, 9.17) is 0 Å². The molecule has 2 N–H and O–H groups in total. The average Bonchev–Trinajstić information content (AvgIpc) is 2.45. The van der Waals surface area contributed by atoms with E-state index >= 15 is 0 Å². The molecular formula is C17H30N2O2. The molecule has 0 spiro atoms. The molecule has 120 valence electrons. The fourth-order valence-electron chi connectivity index (χ4n) is 3.20. The molecule has 0 saturated carbocycles. The molecule has 1 atom stereocenters. The number of hydrogen-bond donors (Lipinski definition) is 2. The molecule has 4 nitrogen and oxygen atoms in total. The van der Waals surface area contributed by atoms with Gasteiger partial charge in [-0.15, -0.1) is 0 Å². The van der Waals surface area contributed by atoms with Crippen molar-refractivity contribution in [1.29, 1.82) is 0 Å². The van der Waals surface area contributed by atoms with Gasteiger partial charge in [-0.2, -0.15) is 0 Å². The Balaban J connectivity index is 1.79. The van der Waals surface area contributed by atoms with Crippen molar-refractivity contribution in [2.75, 3.05) is 26.2 Å². The third-order valence-corrected chi connectivity index (χ3v) is 4.74. The Hall–Kier alpha value is -0.870. The predicted molar refractivity (Wildman–Crippen MR) is 85.0 cm³/mol. The van der Waals surface area contributed by atoms with E-state index < -0.39 is 5.60 Å². The van der Waals surface area contributed by atoms with E-state index in [1.807, 2.05) is 0 Å². The highest BCUT2D eigenvalue weighted by Gasteiger charge is 2.30. The van der Waals surface area contributed by atoms with Gasteiger partial charge in [0.2, 0.25) is 5.91 Å². The molecule has 3 saturated heterocycles. The van der Waals surface area contributed by atoms with Crippen LogP contribution in [-0.2, 0) is 4.79 Å². The molecule has 0 radical (unpaired) electrons. The Labute approximate surface area is 128 Å². The van der Waals surface area contributed by atoms with Gasteiger partial charge in [-0.1, -0.05) is 13.8 Å². The number of hydrogen-bond acceptors (Lipinski definition) is 3. The maximum Gasteiger partial charge on any atom is 0.244 e. The SMILES string of the molecule is CC(C)CCC(C)(O)CNC(=O)/C=C1/CN2CCC1CC2. The maximum absolute atomic E-state index is 12.1. The smallest absolute Gasteiger partial charge is 0.244 e. The molecule has 3 rings (SSSR count). The van der Waals surface area contributed by atoms with E-state index in [9.17, 15) is 9.90 Å². The van der Waals surface area contributed by atoms with Gasteiger partial charge in [-0.05, 0) is 63.1 Å². The van der Waals surface area contributed by atoms with Crippen LogP contribution >= 0.6 is 0 Å². The molecule has 0 aromatic rings. The number of rotatable bonds is 6. The van der Waals surface area contributed by atoms with Gasteiger partial charge in [0.1, 0.15) is 0 Å². The highest BCUT2D eigenvalue weighted by molar-refractivity contribution is 5.88. The van der Waals surface area contributed by atoms with Gasteiger partial charge in [0.05, 0.1) is 5.60 Å². The molecule has 3 fully saturated rings. The highest BCUT2D eigenvalue weighted by atomic mass is 16.3. The largest absolute Gasteiger partial charge is 0.388 e. The van der Waals surface area contributed by atoms with Gasteiger partial charge in [0, 0.05) is 19.2 Å². The van der Waals surface area contributed by atoms with Crippen LogP contribution in [0.25, 0.3) is 0 Å². The quantitative estimate of drug-likeness (QED) is 0.736. The minimum Gasteiger partial charge on any atom is -0.388 e. The van der Waals surface area contributed by atoms with Gasteiger partial charge in [0.15, 0.2) is 0 Å². The van der Waals surface area contributed by atoms with Crippen LogP contribution in [0.3, 0.4) is 0 Å². The lowest BCUT2D eigenvalue weighted by molar-refractivity contribution is -0.117. The zero-order valence-electron chi connectivity index (χ0n) is 13.7. The third-order valence-electron chi connectivity index (χ3n) is 4.74. The van der Waals surface area contributed by atoms with E-state index in [0.717, 1.165) is 19.4 Å². The van der Waals surface area contributed by atoms with Crippen molar-refractivity contribution >= 4 is 5.91 Å². The lowest BCUT2D eigenvalue weighted by atomic mass is 9.83. The lowest BCUT2D eigenvalue weighted by Crippen LogP contribution is -2.44. The molecule has 3 aliphatic heterocycles. The van der Waals surface area contributed by atoms with Crippen LogP contribution in [0.4, 0.5) is 0 Å². The normalized spacial score (nSPS) is 29.7. The van der Waals surface area contributed by atoms with Crippen molar-refractivity contribution in [1.82, 2.24) is 10.2 Å². The van der Waals surface area contributed by atoms with E-state index in [1.54, 1.807) is 13.0 Å². The second kappa shape index (κ2) is 6.93. The first-order valence-electron chi connectivity index (χ1n) is 8.29. The van der Waals surface area contributed by atoms with Crippen LogP contribution in [0.1, 0.15) is 46.5 Å². The second-order valence-corrected chi connectivity index (χ2v) is 7.42. The summed E-state index contributed by atoms with van der Waals surface area (Å²) in [6.45, 7) is 9.72. The number of aliphatic hydroxyl groups is 1. The maximum atomic E-state index is 12.1. The Morgan fingerprint density at radius 2 is 2.14 bits per heavy atom. The highest BCUT2D eigenvalue weighted by Crippen LogP contribution is 2.31. The molecule has 0 aromatic heterocycles. The zero-order chi connectivity index (χ0) is 15.5. The van der Waals surface area contributed by atoms with Crippen molar-refractivity contribution in [3.63, 3.8) is 0 Å². The fraction of sp³-hybridized carbons (Fsp3) is 0.824. The van der Waals surface area contributed by atoms with Gasteiger partial charge in [-0.3, -0.25) is 9.69 Å². The summed E-state index contributed by atoms with van der Waals surface area (Å²) in [5.74, 6) is 1.12. The monoisotopic (exact) mass is 294 g/mol. The molecule has 21 heavy (non-hydrogen) atoms. The van der Waals surface area contributed by atoms with Crippen molar-refractivity contribution in [2.45, 2.75) is 52.1 Å². The van der Waals surface area contributed by atoms with Crippen molar-refractivity contribution in [3.05, 3.63) is 11.6 Å². The van der Waals surface area contributed by atoms with Crippen LogP contribution in [-0.4, -0.2) is 47.7 Å². The summed E-state index contributed by atoms with van der Waals surface area (Å²) < 4.78 is 0. The summed E-state index contributed by atoms with van der Waals surface area (Å²) >= 11 is 0. The average molecular weight is 294 g/mol. The summed E-state index contributed by atoms with van der Waals surface area (Å²) in [5, 5.41) is 13.1. The first-order chi connectivity index (χ1) is 9.85. The van der Waals surface area contributed by atoms with Crippen LogP contribution < -0.4 is 5.32 Å². The minimum absolute atomic E-state index is 0.0522. The molecule has 0 aliphatic carbocycles. The van der Waals surface area contributed by atoms with Crippen molar-refractivity contribution in [3.8, 4) is 0 Å². The van der Waals surface area contributed by atoms with Gasteiger partial charge < -0.3 is 10.4 Å². The molecule has 1 unspecified atom stereocenters. The second-order valence-electron chi connectivity index (χ2n) is 7.42. The molecule has 0 aromatic carbocycles. The Kier molecular flexibility index (Phi) is 5.44. The zero-order valence-corrected chi connectivity index (χ0v) is 13.7. The van der Waals surface area contributed by atoms with Crippen LogP contribution in [0, 0.1) is 11.8 Å². The minimum atomic E-state index is -0.812. The molecule has 3 heterocycles. The summed E-state index contributed by atoms with van der Waals surface area (Å²) in [5.41, 5.74) is 0.458. The number of fused-ring (bicyclic) bond motifs is 3. The standard InChI is InChI=1S/C17H30N2O2/c1-13(2)4-7-17(3,21)12-18-16(20)10-15-11-19-8-5-14(15)6-9-19/h10,13-14,21H,4-9,11-12H2,1-3H3,(H,18,20)/b15-10-. The van der Waals surface area contributed by atoms with E-state index in [0.29, 0.717) is 18.4 Å². The molecule has 4 heteroatoms. The third kappa shape index (κ3) is 5.11. The summed E-state index contributed by atoms with van der Waals surface area (Å²) in [6.07, 6.45) is 5.84. The van der Waals surface area contributed by atoms with Crippen LogP contribution in [0.5, 0.6) is 0 Å². The summed E-state index contributed by atoms with van der Waals surface area (Å²) in [7, 11) is 0. The first-order valence-corrected chi connectivity index (χ1v) is 8.29. The lowest BCUT2D eigenvalue weighted by Gasteiger charge is -2.41. The summed E-state index contributed by atoms with van der Waals surface area (Å²) in [6, 6.07) is 0. The number of nitrogens with zero attached hydrogens (tertiary/aromatic N) is 1. The first kappa shape index (κ1) is 16.5. The molecular weight excluding hydrogens is 264 g/mol. The number of piperidine rings is 3. The van der Waals surface area contributed by atoms with Crippen LogP contribution in [0.2, 0.25) is 0 Å². The van der Waals surface area contributed by atoms with Crippen LogP contribution in [0.15, 0.2) is 11.6 Å². The summed E-state index contributed by atoms with van der Waals surface area (Å²) in [4.78, 5) is 14.5. The molecule has 2 bridgehead atoms. The van der Waals surface area contributed by atoms with Crippen molar-refractivity contribution < 1.29 is 9.90 Å². The van der Waals surface area contributed by atoms with Gasteiger partial charge in [-0.25, -0.2) is 0 Å². The van der Waals surface area contributed by atoms with Crippen molar-refractivity contribution in [2.24, 2.45) is 11.8 Å². The Morgan fingerprint density at radius 1 is 1.48 bits per heavy atom. The Morgan fingerprint density at radius 3 is 2.67 bits per heavy atom. The fourth-order valence-corrected chi connectivity index (χ4v) is 3.20. The molecule has 3 aliphatic rings. The topological polar surface area (TPSA) is 52.6 Å². The number of carbonyl (C=O) groups excluding carboxylic acids is 1. The number of nitrogens with one attached hydrogen (secondary N) is 1. The molecule has 1 amide bonds. The van der Waals surface area contributed by atoms with E-state index in [-0.39, 0.29) is 5.91 Å². The number of amides is 1. The number of carbonyl (C=O) groups is 1. The van der Waals surface area contributed by atoms with Gasteiger partial charge in [0.25, 0.3) is 0 Å². The van der Waals surface area contributed by atoms with Gasteiger partial charge >= 0.3 is 0 Å². The van der Waals surface area contributed by atoms with E-state index in [2.05, 4.69) is 24.1 Å². The Bertz CT molecular complexity index is 394. The predicted octanol–water partition coefficient (Wildman–Crippen LogP) is 1.94.